The maximum absolute atomic E-state index is 14.2. The van der Waals surface area contributed by atoms with Crippen molar-refractivity contribution >= 4 is 27.4 Å². The maximum atomic E-state index is 14.2. The van der Waals surface area contributed by atoms with Crippen molar-refractivity contribution in [3.63, 3.8) is 0 Å². The van der Waals surface area contributed by atoms with Gasteiger partial charge in [0.15, 0.2) is 15.6 Å². The number of sulfone groups is 1. The Balaban J connectivity index is 1.81. The van der Waals surface area contributed by atoms with Gasteiger partial charge in [-0.15, -0.1) is 0 Å². The van der Waals surface area contributed by atoms with Gasteiger partial charge in [-0.25, -0.2) is 18.4 Å². The summed E-state index contributed by atoms with van der Waals surface area (Å²) in [6, 6.07) is 2.42. The standard InChI is InChI=1S/C36H41F9N4O6S/c1-4-48(19-22-5-6-23(15-32(51)52)31(50)11-22)30-8-7-26(34(37,38)39)14-25(30)20-49(33-46-17-29(18-47-33)55-9-10-56(3,53)54)21(2)24-12-27(35(40,41)42)16-28(13-24)36(43,44)45/h7-8,12-14,16-18,21-23,31,50H,4-6,9-11,15,19-20H2,1-3H3,(H,51,52)/t21-,22+,23-,31-/m0/s1. The molecule has 3 aromatic rings. The molecule has 1 fully saturated rings. The highest BCUT2D eigenvalue weighted by atomic mass is 32.2. The molecule has 1 aliphatic rings. The number of anilines is 2. The van der Waals surface area contributed by atoms with Gasteiger partial charge in [-0.3, -0.25) is 4.79 Å². The zero-order chi connectivity index (χ0) is 41.8. The molecule has 56 heavy (non-hydrogen) atoms. The molecule has 4 atom stereocenters. The van der Waals surface area contributed by atoms with Gasteiger partial charge in [0.05, 0.1) is 53.4 Å². The molecule has 0 spiro atoms. The van der Waals surface area contributed by atoms with E-state index in [4.69, 9.17) is 4.74 Å². The molecule has 0 unspecified atom stereocenters. The first-order valence-corrected chi connectivity index (χ1v) is 19.4. The number of nitrogens with zero attached hydrogens (tertiary/aromatic N) is 4. The number of hydrogen-bond donors (Lipinski definition) is 2. The fourth-order valence-corrected chi connectivity index (χ4v) is 7.02. The number of alkyl halides is 9. The van der Waals surface area contributed by atoms with Crippen LogP contribution in [0.15, 0.2) is 48.8 Å². The monoisotopic (exact) mass is 828 g/mol. The van der Waals surface area contributed by atoms with Gasteiger partial charge in [-0.1, -0.05) is 0 Å². The van der Waals surface area contributed by atoms with Crippen LogP contribution in [-0.2, 0) is 39.7 Å². The van der Waals surface area contributed by atoms with E-state index in [1.54, 1.807) is 11.8 Å². The Morgan fingerprint density at radius 2 is 1.52 bits per heavy atom. The number of carboxylic acid groups (broad SMARTS) is 1. The summed E-state index contributed by atoms with van der Waals surface area (Å²) in [4.78, 5) is 22.4. The van der Waals surface area contributed by atoms with E-state index in [2.05, 4.69) is 9.97 Å². The summed E-state index contributed by atoms with van der Waals surface area (Å²) in [6.45, 7) is 2.57. The number of aliphatic hydroxyl groups excluding tert-OH is 1. The van der Waals surface area contributed by atoms with Crippen LogP contribution in [0.3, 0.4) is 0 Å². The molecule has 20 heteroatoms. The van der Waals surface area contributed by atoms with Gasteiger partial charge >= 0.3 is 24.5 Å². The molecule has 0 bridgehead atoms. The molecule has 4 rings (SSSR count). The molecule has 310 valence electrons. The van der Waals surface area contributed by atoms with Crippen molar-refractivity contribution in [2.75, 3.05) is 41.5 Å². The van der Waals surface area contributed by atoms with Crippen LogP contribution in [0.1, 0.15) is 73.4 Å². The molecule has 0 amide bonds. The SMILES string of the molecule is CCN(C[C@@H]1CC[C@@H](CC(=O)O)[C@@H](O)C1)c1ccc(C(F)(F)F)cc1CN(c1ncc(OCCS(C)(=O)=O)cn1)[C@@H](C)c1cc(C(F)(F)F)cc(C(F)(F)F)c1. The number of carboxylic acids is 1. The van der Waals surface area contributed by atoms with Crippen molar-refractivity contribution in [1.29, 1.82) is 0 Å². The van der Waals surface area contributed by atoms with Crippen LogP contribution in [-0.4, -0.2) is 72.4 Å². The number of halogens is 9. The van der Waals surface area contributed by atoms with E-state index in [9.17, 15) is 62.9 Å². The Morgan fingerprint density at radius 1 is 0.929 bits per heavy atom. The zero-order valence-electron chi connectivity index (χ0n) is 30.4. The third kappa shape index (κ3) is 12.1. The molecule has 10 nitrogen and oxygen atoms in total. The normalized spacial score (nSPS) is 18.7. The number of rotatable bonds is 15. The highest BCUT2D eigenvalue weighted by molar-refractivity contribution is 7.90. The summed E-state index contributed by atoms with van der Waals surface area (Å²) < 4.78 is 154. The fraction of sp³-hybridized carbons (Fsp3) is 0.528. The molecule has 1 heterocycles. The molecular weight excluding hydrogens is 787 g/mol. The Labute approximate surface area is 317 Å². The van der Waals surface area contributed by atoms with Crippen LogP contribution in [0, 0.1) is 11.8 Å². The number of ether oxygens (including phenoxy) is 1. The van der Waals surface area contributed by atoms with Gasteiger partial charge in [0.1, 0.15) is 6.61 Å². The van der Waals surface area contributed by atoms with E-state index in [1.165, 1.54) is 13.0 Å². The average Bonchev–Trinajstić information content (AvgIpc) is 3.08. The third-order valence-corrected chi connectivity index (χ3v) is 10.5. The van der Waals surface area contributed by atoms with Crippen LogP contribution in [0.25, 0.3) is 0 Å². The zero-order valence-corrected chi connectivity index (χ0v) is 31.2. The average molecular weight is 829 g/mol. The lowest BCUT2D eigenvalue weighted by Gasteiger charge is -2.37. The van der Waals surface area contributed by atoms with E-state index in [-0.39, 0.29) is 73.2 Å². The summed E-state index contributed by atoms with van der Waals surface area (Å²) in [6.07, 6.45) is -12.2. The molecule has 2 aromatic carbocycles. The Hall–Kier alpha value is -4.33. The smallest absolute Gasteiger partial charge is 0.416 e. The van der Waals surface area contributed by atoms with Crippen molar-refractivity contribution in [2.45, 2.75) is 76.8 Å². The lowest BCUT2D eigenvalue weighted by molar-refractivity contribution is -0.143. The first-order valence-electron chi connectivity index (χ1n) is 17.4. The molecule has 1 aliphatic carbocycles. The van der Waals surface area contributed by atoms with Gasteiger partial charge in [0, 0.05) is 31.6 Å². The first kappa shape index (κ1) is 44.4. The first-order chi connectivity index (χ1) is 25.9. The number of hydrogen-bond acceptors (Lipinski definition) is 9. The minimum absolute atomic E-state index is 0.0336. The highest BCUT2D eigenvalue weighted by Crippen LogP contribution is 2.41. The quantitative estimate of drug-likeness (QED) is 0.146. The van der Waals surface area contributed by atoms with Crippen molar-refractivity contribution in [3.05, 3.63) is 76.6 Å². The largest absolute Gasteiger partial charge is 0.489 e. The molecular formula is C36H41F9N4O6S. The fourth-order valence-electron chi connectivity index (χ4n) is 6.64. The second-order valence-corrected chi connectivity index (χ2v) is 16.1. The summed E-state index contributed by atoms with van der Waals surface area (Å²) >= 11 is 0. The van der Waals surface area contributed by atoms with Crippen LogP contribution in [0.2, 0.25) is 0 Å². The molecule has 1 aromatic heterocycles. The van der Waals surface area contributed by atoms with Gasteiger partial charge in [-0.05, 0) is 92.5 Å². The van der Waals surface area contributed by atoms with E-state index < -0.39 is 81.2 Å². The lowest BCUT2D eigenvalue weighted by Crippen LogP contribution is -2.38. The summed E-state index contributed by atoms with van der Waals surface area (Å²) in [7, 11) is -3.42. The summed E-state index contributed by atoms with van der Waals surface area (Å²) in [5.74, 6) is -2.46. The Bertz CT molecular complexity index is 1890. The molecule has 0 aliphatic heterocycles. The predicted molar refractivity (Wildman–Crippen MR) is 187 cm³/mol. The highest BCUT2D eigenvalue weighted by Gasteiger charge is 2.39. The topological polar surface area (TPSA) is 133 Å². The van der Waals surface area contributed by atoms with Gasteiger partial charge < -0.3 is 24.7 Å². The molecule has 1 saturated carbocycles. The van der Waals surface area contributed by atoms with Crippen LogP contribution >= 0.6 is 0 Å². The molecule has 0 saturated heterocycles. The minimum atomic E-state index is -5.20. The van der Waals surface area contributed by atoms with Crippen molar-refractivity contribution in [1.82, 2.24) is 9.97 Å². The third-order valence-electron chi connectivity index (χ3n) is 9.60. The van der Waals surface area contributed by atoms with E-state index in [1.807, 2.05) is 0 Å². The molecule has 0 radical (unpaired) electrons. The maximum Gasteiger partial charge on any atom is 0.416 e. The van der Waals surface area contributed by atoms with E-state index >= 15 is 0 Å². The van der Waals surface area contributed by atoms with Crippen LogP contribution in [0.4, 0.5) is 51.1 Å². The summed E-state index contributed by atoms with van der Waals surface area (Å²) in [5.41, 5.74) is -4.59. The lowest BCUT2D eigenvalue weighted by atomic mass is 9.78. The van der Waals surface area contributed by atoms with Crippen molar-refractivity contribution < 1.29 is 67.7 Å². The van der Waals surface area contributed by atoms with Gasteiger partial charge in [0.25, 0.3) is 0 Å². The number of aliphatic carboxylic acids is 1. The van der Waals surface area contributed by atoms with Crippen LogP contribution in [0.5, 0.6) is 5.75 Å². The number of carbonyl (C=O) groups is 1. The van der Waals surface area contributed by atoms with Crippen LogP contribution < -0.4 is 14.5 Å². The van der Waals surface area contributed by atoms with E-state index in [0.29, 0.717) is 25.0 Å². The minimum Gasteiger partial charge on any atom is -0.489 e. The number of benzene rings is 2. The van der Waals surface area contributed by atoms with E-state index in [0.717, 1.165) is 35.7 Å². The molecule has 2 N–H and O–H groups in total. The Kier molecular flexibility index (Phi) is 13.8. The number of aliphatic hydroxyl groups is 1. The second kappa shape index (κ2) is 17.4. The van der Waals surface area contributed by atoms with Crippen molar-refractivity contribution in [2.24, 2.45) is 11.8 Å². The second-order valence-electron chi connectivity index (χ2n) is 13.8. The predicted octanol–water partition coefficient (Wildman–Crippen LogP) is 7.80. The van der Waals surface area contributed by atoms with Gasteiger partial charge in [0.2, 0.25) is 5.95 Å². The Morgan fingerprint density at radius 3 is 2.02 bits per heavy atom. The van der Waals surface area contributed by atoms with Crippen molar-refractivity contribution in [3.8, 4) is 5.75 Å². The van der Waals surface area contributed by atoms with Gasteiger partial charge in [-0.2, -0.15) is 39.5 Å². The summed E-state index contributed by atoms with van der Waals surface area (Å²) in [5, 5.41) is 19.9. The number of aromatic nitrogens is 2.